The number of aliphatic hydroxyl groups excluding tert-OH is 1. The second-order valence-corrected chi connectivity index (χ2v) is 9.88. The minimum atomic E-state index is -0.751. The zero-order chi connectivity index (χ0) is 25.8. The molecule has 36 heavy (non-hydrogen) atoms. The van der Waals surface area contributed by atoms with Gasteiger partial charge in [0.25, 0.3) is 5.91 Å². The van der Waals surface area contributed by atoms with E-state index in [1.54, 1.807) is 14.0 Å². The van der Waals surface area contributed by atoms with E-state index in [4.69, 9.17) is 9.47 Å². The van der Waals surface area contributed by atoms with Crippen molar-refractivity contribution < 1.29 is 24.2 Å². The molecule has 1 aliphatic heterocycles. The van der Waals surface area contributed by atoms with E-state index in [2.05, 4.69) is 4.98 Å². The van der Waals surface area contributed by atoms with Crippen LogP contribution in [0.4, 0.5) is 0 Å². The molecule has 0 radical (unpaired) electrons. The van der Waals surface area contributed by atoms with Gasteiger partial charge < -0.3 is 19.5 Å². The quantitative estimate of drug-likeness (QED) is 0.288. The number of hydrogen-bond donors (Lipinski definition) is 1. The summed E-state index contributed by atoms with van der Waals surface area (Å²) in [5.74, 6) is -0.857. The van der Waals surface area contributed by atoms with E-state index in [-0.39, 0.29) is 11.7 Å². The Kier molecular flexibility index (Phi) is 7.86. The number of carbonyl (C=O) groups excluding carboxylic acids is 2. The van der Waals surface area contributed by atoms with Crippen molar-refractivity contribution in [2.24, 2.45) is 0 Å². The average molecular weight is 507 g/mol. The van der Waals surface area contributed by atoms with Crippen molar-refractivity contribution in [1.82, 2.24) is 9.88 Å². The summed E-state index contributed by atoms with van der Waals surface area (Å²) in [6.45, 7) is 6.41. The summed E-state index contributed by atoms with van der Waals surface area (Å²) in [5, 5.41) is 11.7. The maximum absolute atomic E-state index is 13.9. The molecule has 188 valence electrons. The number of amides is 1. The molecule has 2 heterocycles. The van der Waals surface area contributed by atoms with Crippen LogP contribution < -0.4 is 4.74 Å². The van der Waals surface area contributed by atoms with Crippen LogP contribution in [0, 0.1) is 6.92 Å². The number of nitrogens with zero attached hydrogens (tertiary/aromatic N) is 2. The summed E-state index contributed by atoms with van der Waals surface area (Å²) in [6.07, 6.45) is 0.525. The molecule has 0 saturated carbocycles. The third kappa shape index (κ3) is 5.20. The Hall–Kier alpha value is -3.49. The number of hydrogen-bond acceptors (Lipinski definition) is 7. The van der Waals surface area contributed by atoms with E-state index in [9.17, 15) is 14.7 Å². The minimum Gasteiger partial charge on any atom is -0.503 e. The van der Waals surface area contributed by atoms with Crippen LogP contribution in [-0.4, -0.2) is 53.0 Å². The molecule has 0 aliphatic carbocycles. The fourth-order valence-electron chi connectivity index (χ4n) is 4.31. The van der Waals surface area contributed by atoms with Gasteiger partial charge in [0.05, 0.1) is 28.3 Å². The van der Waals surface area contributed by atoms with Crippen LogP contribution in [0.15, 0.2) is 65.9 Å². The van der Waals surface area contributed by atoms with E-state index in [1.807, 2.05) is 68.4 Å². The van der Waals surface area contributed by atoms with E-state index >= 15 is 0 Å². The summed E-state index contributed by atoms with van der Waals surface area (Å²) < 4.78 is 11.0. The van der Waals surface area contributed by atoms with Crippen molar-refractivity contribution in [2.45, 2.75) is 39.3 Å². The average Bonchev–Trinajstić information content (AvgIpc) is 3.37. The molecular weight excluding hydrogens is 476 g/mol. The van der Waals surface area contributed by atoms with Gasteiger partial charge in [0.2, 0.25) is 5.78 Å². The van der Waals surface area contributed by atoms with Crippen LogP contribution in [0.5, 0.6) is 5.75 Å². The molecule has 4 rings (SSSR count). The second kappa shape index (κ2) is 11.1. The lowest BCUT2D eigenvalue weighted by Crippen LogP contribution is -2.32. The van der Waals surface area contributed by atoms with E-state index in [1.165, 1.54) is 16.2 Å². The predicted octanol–water partition coefficient (Wildman–Crippen LogP) is 5.52. The lowest BCUT2D eigenvalue weighted by Gasteiger charge is -2.27. The van der Waals surface area contributed by atoms with Crippen LogP contribution >= 0.6 is 11.3 Å². The summed E-state index contributed by atoms with van der Waals surface area (Å²) in [4.78, 5) is 33.6. The second-order valence-electron chi connectivity index (χ2n) is 8.88. The highest BCUT2D eigenvalue weighted by Gasteiger charge is 2.44. The van der Waals surface area contributed by atoms with Crippen LogP contribution in [0.1, 0.15) is 47.2 Å². The van der Waals surface area contributed by atoms with Crippen molar-refractivity contribution >= 4 is 23.0 Å². The normalized spacial score (nSPS) is 15.8. The molecule has 1 aliphatic rings. The molecule has 3 aromatic rings. The summed E-state index contributed by atoms with van der Waals surface area (Å²) in [7, 11) is 1.59. The van der Waals surface area contributed by atoms with Crippen LogP contribution in [0.3, 0.4) is 0 Å². The Bertz CT molecular complexity index is 1280. The summed E-state index contributed by atoms with van der Waals surface area (Å²) in [6, 6.07) is 16.2. The Morgan fingerprint density at radius 2 is 1.92 bits per heavy atom. The van der Waals surface area contributed by atoms with Crippen molar-refractivity contribution in [3.63, 3.8) is 0 Å². The van der Waals surface area contributed by atoms with Crippen LogP contribution in [0.2, 0.25) is 0 Å². The lowest BCUT2D eigenvalue weighted by atomic mass is 9.95. The third-order valence-corrected chi connectivity index (χ3v) is 7.07. The number of methoxy groups -OCH3 is 1. The van der Waals surface area contributed by atoms with Gasteiger partial charge in [-0.3, -0.25) is 9.59 Å². The molecule has 1 N–H and O–H groups in total. The van der Waals surface area contributed by atoms with Gasteiger partial charge in [0.15, 0.2) is 5.76 Å². The Labute approximate surface area is 215 Å². The fourth-order valence-corrected chi connectivity index (χ4v) is 5.33. The molecule has 0 fully saturated rings. The van der Waals surface area contributed by atoms with E-state index < -0.39 is 23.5 Å². The molecule has 2 aromatic carbocycles. The van der Waals surface area contributed by atoms with Crippen LogP contribution in [-0.2, 0) is 9.53 Å². The zero-order valence-corrected chi connectivity index (χ0v) is 21.7. The number of aliphatic hydroxyl groups is 1. The molecule has 0 spiro atoms. The maximum atomic E-state index is 13.9. The van der Waals surface area contributed by atoms with Gasteiger partial charge in [-0.25, -0.2) is 4.98 Å². The van der Waals surface area contributed by atoms with Gasteiger partial charge in [-0.05, 0) is 44.9 Å². The molecule has 1 unspecified atom stereocenters. The smallest absolute Gasteiger partial charge is 0.290 e. The van der Waals surface area contributed by atoms with Gasteiger partial charge in [0.1, 0.15) is 10.8 Å². The highest BCUT2D eigenvalue weighted by Crippen LogP contribution is 2.41. The number of rotatable bonds is 10. The first-order valence-electron chi connectivity index (χ1n) is 11.9. The molecule has 0 bridgehead atoms. The van der Waals surface area contributed by atoms with E-state index in [0.717, 1.165) is 5.56 Å². The van der Waals surface area contributed by atoms with Gasteiger partial charge >= 0.3 is 0 Å². The first-order chi connectivity index (χ1) is 17.3. The standard InChI is InChI=1S/C28H30N2O5S/c1-17(2)35-21-13-8-12-20(16-21)23-22(25(32)28(33)30(23)14-9-15-34-4)24(31)26-18(3)29-27(36-26)19-10-6-5-7-11-19/h5-8,10-13,16-17,23,32H,9,14-15H2,1-4H3. The molecule has 7 nitrogen and oxygen atoms in total. The number of aryl methyl sites for hydroxylation is 1. The van der Waals surface area contributed by atoms with Crippen molar-refractivity contribution in [3.05, 3.63) is 82.1 Å². The molecular formula is C28H30N2O5S. The number of thiazole rings is 1. The molecule has 1 atom stereocenters. The number of ether oxygens (including phenoxy) is 2. The number of aromatic nitrogens is 1. The maximum Gasteiger partial charge on any atom is 0.290 e. The van der Waals surface area contributed by atoms with Gasteiger partial charge in [-0.1, -0.05) is 42.5 Å². The van der Waals surface area contributed by atoms with Crippen LogP contribution in [0.25, 0.3) is 10.6 Å². The number of benzene rings is 2. The largest absolute Gasteiger partial charge is 0.503 e. The first kappa shape index (κ1) is 25.6. The van der Waals surface area contributed by atoms with Crippen molar-refractivity contribution in [3.8, 4) is 16.3 Å². The topological polar surface area (TPSA) is 89.0 Å². The van der Waals surface area contributed by atoms with E-state index in [0.29, 0.717) is 46.5 Å². The fraction of sp³-hybridized carbons (Fsp3) is 0.321. The lowest BCUT2D eigenvalue weighted by molar-refractivity contribution is -0.129. The van der Waals surface area contributed by atoms with Crippen molar-refractivity contribution in [2.75, 3.05) is 20.3 Å². The SMILES string of the molecule is COCCCN1C(=O)C(O)=C(C(=O)c2sc(-c3ccccc3)nc2C)C1c1cccc(OC(C)C)c1. The monoisotopic (exact) mass is 506 g/mol. The highest BCUT2D eigenvalue weighted by molar-refractivity contribution is 7.17. The molecule has 1 amide bonds. The summed E-state index contributed by atoms with van der Waals surface area (Å²) >= 11 is 1.26. The van der Waals surface area contributed by atoms with Crippen molar-refractivity contribution in [1.29, 1.82) is 0 Å². The number of carbonyl (C=O) groups is 2. The van der Waals surface area contributed by atoms with Gasteiger partial charge in [0, 0.05) is 25.8 Å². The molecule has 8 heteroatoms. The third-order valence-electron chi connectivity index (χ3n) is 5.86. The highest BCUT2D eigenvalue weighted by atomic mass is 32.1. The zero-order valence-electron chi connectivity index (χ0n) is 20.9. The first-order valence-corrected chi connectivity index (χ1v) is 12.7. The summed E-state index contributed by atoms with van der Waals surface area (Å²) in [5.41, 5.74) is 2.22. The molecule has 1 aromatic heterocycles. The Morgan fingerprint density at radius 1 is 1.17 bits per heavy atom. The Morgan fingerprint density at radius 3 is 2.61 bits per heavy atom. The minimum absolute atomic E-state index is 0.0374. The number of ketones is 1. The van der Waals surface area contributed by atoms with Gasteiger partial charge in [-0.15, -0.1) is 11.3 Å². The molecule has 0 saturated heterocycles. The van der Waals surface area contributed by atoms with Gasteiger partial charge in [-0.2, -0.15) is 0 Å². The Balaban J connectivity index is 1.76. The number of Topliss-reactive ketones (excluding diaryl/α,β-unsaturated/α-hetero) is 1. The predicted molar refractivity (Wildman–Crippen MR) is 139 cm³/mol.